The first-order valence-corrected chi connectivity index (χ1v) is 6.05. The summed E-state index contributed by atoms with van der Waals surface area (Å²) in [5, 5.41) is 3.88. The molecule has 0 saturated heterocycles. The second kappa shape index (κ2) is 4.10. The lowest BCUT2D eigenvalue weighted by Gasteiger charge is -2.13. The first kappa shape index (κ1) is 11.2. The van der Waals surface area contributed by atoms with Crippen LogP contribution in [0.5, 0.6) is 0 Å². The van der Waals surface area contributed by atoms with Crippen LogP contribution in [-0.2, 0) is 6.42 Å². The molecule has 2 N–H and O–H groups in total. The third-order valence-electron chi connectivity index (χ3n) is 3.41. The fourth-order valence-corrected chi connectivity index (χ4v) is 2.37. The highest BCUT2D eigenvalue weighted by Gasteiger charge is 2.20. The van der Waals surface area contributed by atoms with E-state index in [2.05, 4.69) is 34.2 Å². The monoisotopic (exact) mass is 244 g/mol. The van der Waals surface area contributed by atoms with E-state index in [0.717, 1.165) is 18.5 Å². The summed E-state index contributed by atoms with van der Waals surface area (Å²) in [4.78, 5) is 6.44. The van der Waals surface area contributed by atoms with Crippen molar-refractivity contribution in [3.63, 3.8) is 0 Å². The van der Waals surface area contributed by atoms with Gasteiger partial charge in [0.05, 0.1) is 6.04 Å². The van der Waals surface area contributed by atoms with Gasteiger partial charge in [0.15, 0.2) is 5.82 Å². The Balaban J connectivity index is 1.93. The predicted octanol–water partition coefficient (Wildman–Crippen LogP) is 1.42. The van der Waals surface area contributed by atoms with Crippen molar-refractivity contribution < 1.29 is 4.52 Å². The van der Waals surface area contributed by atoms with Gasteiger partial charge in [0, 0.05) is 26.2 Å². The topological polar surface area (TPSA) is 68.2 Å². The van der Waals surface area contributed by atoms with Crippen LogP contribution < -0.4 is 10.6 Å². The molecule has 18 heavy (non-hydrogen) atoms. The first-order chi connectivity index (χ1) is 8.65. The van der Waals surface area contributed by atoms with E-state index in [1.54, 1.807) is 6.92 Å². The van der Waals surface area contributed by atoms with Crippen molar-refractivity contribution in [1.29, 1.82) is 0 Å². The third kappa shape index (κ3) is 1.76. The van der Waals surface area contributed by atoms with Gasteiger partial charge in [-0.2, -0.15) is 4.98 Å². The molecule has 3 rings (SSSR count). The Hall–Kier alpha value is -1.88. The third-order valence-corrected chi connectivity index (χ3v) is 3.41. The number of nitrogens with two attached hydrogens (primary N) is 1. The zero-order chi connectivity index (χ0) is 12.7. The van der Waals surface area contributed by atoms with E-state index in [4.69, 9.17) is 10.3 Å². The number of nitrogens with zero attached hydrogens (tertiary/aromatic N) is 3. The maximum atomic E-state index is 6.16. The zero-order valence-electron chi connectivity index (χ0n) is 10.6. The van der Waals surface area contributed by atoms with Crippen molar-refractivity contribution >= 4 is 5.69 Å². The molecule has 5 nitrogen and oxygen atoms in total. The van der Waals surface area contributed by atoms with E-state index < -0.39 is 0 Å². The summed E-state index contributed by atoms with van der Waals surface area (Å²) in [5.74, 6) is 1.08. The molecule has 0 saturated carbocycles. The summed E-state index contributed by atoms with van der Waals surface area (Å²) in [6, 6.07) is 5.98. The maximum absolute atomic E-state index is 6.16. The minimum Gasteiger partial charge on any atom is -0.374 e. The van der Waals surface area contributed by atoms with E-state index >= 15 is 0 Å². The van der Waals surface area contributed by atoms with E-state index in [1.165, 1.54) is 11.3 Å². The molecule has 0 fully saturated rings. The van der Waals surface area contributed by atoms with Crippen LogP contribution in [0.15, 0.2) is 22.7 Å². The molecule has 1 atom stereocenters. The predicted molar refractivity (Wildman–Crippen MR) is 68.5 cm³/mol. The standard InChI is InChI=1S/C13H16N4O/c1-8-15-13(16-18-8)12(14)10-3-4-11-9(7-10)5-6-17(11)2/h3-4,7,12H,5-6,14H2,1-2H3. The van der Waals surface area contributed by atoms with Crippen LogP contribution in [0, 0.1) is 6.92 Å². The molecule has 0 bridgehead atoms. The number of hydrogen-bond acceptors (Lipinski definition) is 5. The molecular weight excluding hydrogens is 228 g/mol. The van der Waals surface area contributed by atoms with Crippen LogP contribution in [0.4, 0.5) is 5.69 Å². The molecule has 2 aromatic rings. The summed E-state index contributed by atoms with van der Waals surface area (Å²) in [7, 11) is 2.11. The molecule has 1 aromatic heterocycles. The van der Waals surface area contributed by atoms with E-state index in [1.807, 2.05) is 6.07 Å². The second-order valence-electron chi connectivity index (χ2n) is 4.71. The van der Waals surface area contributed by atoms with Crippen LogP contribution in [0.25, 0.3) is 0 Å². The van der Waals surface area contributed by atoms with Gasteiger partial charge in [-0.1, -0.05) is 17.3 Å². The molecule has 1 aliphatic heterocycles. The fraction of sp³-hybridized carbons (Fsp3) is 0.385. The van der Waals surface area contributed by atoms with Crippen molar-refractivity contribution in [2.24, 2.45) is 5.73 Å². The van der Waals surface area contributed by atoms with Crippen molar-refractivity contribution in [3.05, 3.63) is 41.0 Å². The molecule has 2 heterocycles. The summed E-state index contributed by atoms with van der Waals surface area (Å²) in [6.45, 7) is 2.83. The van der Waals surface area contributed by atoms with Crippen LogP contribution in [0.2, 0.25) is 0 Å². The highest BCUT2D eigenvalue weighted by atomic mass is 16.5. The van der Waals surface area contributed by atoms with Gasteiger partial charge >= 0.3 is 0 Å². The molecule has 5 heteroatoms. The van der Waals surface area contributed by atoms with E-state index in [-0.39, 0.29) is 6.04 Å². The normalized spacial score (nSPS) is 15.8. The lowest BCUT2D eigenvalue weighted by atomic mass is 10.0. The Morgan fingerprint density at radius 2 is 2.28 bits per heavy atom. The fourth-order valence-electron chi connectivity index (χ4n) is 2.37. The smallest absolute Gasteiger partial charge is 0.223 e. The van der Waals surface area contributed by atoms with Gasteiger partial charge in [-0.05, 0) is 23.6 Å². The minimum atomic E-state index is -0.321. The Labute approximate surface area is 106 Å². The second-order valence-corrected chi connectivity index (χ2v) is 4.71. The van der Waals surface area contributed by atoms with Crippen molar-refractivity contribution in [3.8, 4) is 0 Å². The molecule has 94 valence electrons. The van der Waals surface area contributed by atoms with Crippen LogP contribution in [0.1, 0.15) is 28.9 Å². The van der Waals surface area contributed by atoms with Gasteiger partial charge in [0.1, 0.15) is 0 Å². The highest BCUT2D eigenvalue weighted by molar-refractivity contribution is 5.59. The lowest BCUT2D eigenvalue weighted by Crippen LogP contribution is -2.14. The number of benzene rings is 1. The van der Waals surface area contributed by atoms with Crippen LogP contribution >= 0.6 is 0 Å². The van der Waals surface area contributed by atoms with Gasteiger partial charge in [0.25, 0.3) is 0 Å². The Morgan fingerprint density at radius 3 is 3.00 bits per heavy atom. The average molecular weight is 244 g/mol. The largest absolute Gasteiger partial charge is 0.374 e. The number of fused-ring (bicyclic) bond motifs is 1. The number of hydrogen-bond donors (Lipinski definition) is 1. The Morgan fingerprint density at radius 1 is 1.44 bits per heavy atom. The van der Waals surface area contributed by atoms with Gasteiger partial charge < -0.3 is 15.2 Å². The highest BCUT2D eigenvalue weighted by Crippen LogP contribution is 2.29. The maximum Gasteiger partial charge on any atom is 0.223 e. The number of aryl methyl sites for hydroxylation is 1. The van der Waals surface area contributed by atoms with Crippen LogP contribution in [0.3, 0.4) is 0 Å². The molecule has 0 aliphatic carbocycles. The molecular formula is C13H16N4O. The molecule has 1 aromatic carbocycles. The van der Waals surface area contributed by atoms with E-state index in [0.29, 0.717) is 11.7 Å². The van der Waals surface area contributed by atoms with Gasteiger partial charge in [-0.15, -0.1) is 0 Å². The Bertz CT molecular complexity index is 578. The summed E-state index contributed by atoms with van der Waals surface area (Å²) in [6.07, 6.45) is 1.07. The molecule has 1 aliphatic rings. The van der Waals surface area contributed by atoms with Gasteiger partial charge in [0.2, 0.25) is 5.89 Å². The summed E-state index contributed by atoms with van der Waals surface area (Å²) in [5.41, 5.74) is 9.82. The molecule has 1 unspecified atom stereocenters. The number of aromatic nitrogens is 2. The summed E-state index contributed by atoms with van der Waals surface area (Å²) < 4.78 is 4.97. The van der Waals surface area contributed by atoms with Crippen molar-refractivity contribution in [1.82, 2.24) is 10.1 Å². The lowest BCUT2D eigenvalue weighted by molar-refractivity contribution is 0.385. The van der Waals surface area contributed by atoms with Crippen LogP contribution in [-0.4, -0.2) is 23.7 Å². The Kier molecular flexibility index (Phi) is 2.56. The first-order valence-electron chi connectivity index (χ1n) is 6.05. The number of likely N-dealkylation sites (N-methyl/N-ethyl adjacent to an activating group) is 1. The van der Waals surface area contributed by atoms with Gasteiger partial charge in [-0.3, -0.25) is 0 Å². The quantitative estimate of drug-likeness (QED) is 0.865. The average Bonchev–Trinajstić information content (AvgIpc) is 2.95. The van der Waals surface area contributed by atoms with Crippen molar-refractivity contribution in [2.75, 3.05) is 18.5 Å². The zero-order valence-corrected chi connectivity index (χ0v) is 10.6. The number of rotatable bonds is 2. The molecule has 0 spiro atoms. The SMILES string of the molecule is Cc1nc(C(N)c2ccc3c(c2)CCN3C)no1. The van der Waals surface area contributed by atoms with Gasteiger partial charge in [-0.25, -0.2) is 0 Å². The van der Waals surface area contributed by atoms with E-state index in [9.17, 15) is 0 Å². The summed E-state index contributed by atoms with van der Waals surface area (Å²) >= 11 is 0. The number of anilines is 1. The van der Waals surface area contributed by atoms with Crippen molar-refractivity contribution in [2.45, 2.75) is 19.4 Å². The molecule has 0 amide bonds. The molecule has 0 radical (unpaired) electrons. The minimum absolute atomic E-state index is 0.321.